The lowest BCUT2D eigenvalue weighted by molar-refractivity contribution is 0.564. The summed E-state index contributed by atoms with van der Waals surface area (Å²) in [6, 6.07) is 62.1. The van der Waals surface area contributed by atoms with E-state index in [0.717, 1.165) is 99.5 Å². The number of anilines is 6. The van der Waals surface area contributed by atoms with Crippen molar-refractivity contribution >= 4 is 99.5 Å². The highest BCUT2D eigenvalue weighted by molar-refractivity contribution is 6.23. The molecule has 11 rings (SSSR count). The second kappa shape index (κ2) is 16.1. The van der Waals surface area contributed by atoms with E-state index in [-0.39, 0.29) is 21.7 Å². The second-order valence-electron chi connectivity index (χ2n) is 23.6. The van der Waals surface area contributed by atoms with Gasteiger partial charge in [-0.05, 0) is 151 Å². The molecule has 0 bridgehead atoms. The van der Waals surface area contributed by atoms with Gasteiger partial charge in [0, 0.05) is 66.8 Å². The zero-order chi connectivity index (χ0) is 49.1. The van der Waals surface area contributed by atoms with Crippen LogP contribution in [0.25, 0.3) is 65.4 Å². The molecular formula is C66H64N2O2. The average molecular weight is 917 g/mol. The van der Waals surface area contributed by atoms with Crippen LogP contribution in [-0.4, -0.2) is 0 Å². The van der Waals surface area contributed by atoms with Crippen LogP contribution in [0, 0.1) is 0 Å². The summed E-state index contributed by atoms with van der Waals surface area (Å²) in [4.78, 5) is 4.73. The van der Waals surface area contributed by atoms with E-state index in [1.165, 1.54) is 22.3 Å². The lowest BCUT2D eigenvalue weighted by Gasteiger charge is -2.28. The van der Waals surface area contributed by atoms with Gasteiger partial charge in [0.25, 0.3) is 0 Å². The Hall–Kier alpha value is -7.30. The van der Waals surface area contributed by atoms with Crippen LogP contribution in [0.2, 0.25) is 0 Å². The molecule has 11 aromatic rings. The molecular weight excluding hydrogens is 853 g/mol. The van der Waals surface area contributed by atoms with Crippen LogP contribution in [-0.2, 0) is 21.7 Å². The summed E-state index contributed by atoms with van der Waals surface area (Å²) in [5, 5.41) is 9.06. The summed E-state index contributed by atoms with van der Waals surface area (Å²) in [6.07, 6.45) is 0. The quantitative estimate of drug-likeness (QED) is 0.166. The molecule has 0 aliphatic carbocycles. The van der Waals surface area contributed by atoms with Gasteiger partial charge in [-0.15, -0.1) is 0 Å². The third-order valence-electron chi connectivity index (χ3n) is 14.2. The molecule has 0 fully saturated rings. The first kappa shape index (κ1) is 45.2. The molecule has 0 saturated heterocycles. The summed E-state index contributed by atoms with van der Waals surface area (Å²) in [5.74, 6) is 0. The average Bonchev–Trinajstić information content (AvgIpc) is 3.85. The van der Waals surface area contributed by atoms with Crippen molar-refractivity contribution in [3.8, 4) is 0 Å². The number of hydrogen-bond acceptors (Lipinski definition) is 4. The van der Waals surface area contributed by atoms with Crippen LogP contribution in [0.15, 0.2) is 179 Å². The summed E-state index contributed by atoms with van der Waals surface area (Å²) in [7, 11) is 0. The predicted molar refractivity (Wildman–Crippen MR) is 300 cm³/mol. The SMILES string of the molecule is CC(C)(C)c1cccc(N(c2ccccc2)c2ccc3cc4c(cc3c2)oc2c(C(C)(C)C)c3c(oc5cc6cc(N(c7ccccc7)c7cccc(C(C)(C)C)c7)ccc6cc53)c(C(C)(C)C)c24)c1. The molecule has 4 heteroatoms. The van der Waals surface area contributed by atoms with Gasteiger partial charge in [0.2, 0.25) is 0 Å². The molecule has 4 nitrogen and oxygen atoms in total. The van der Waals surface area contributed by atoms with E-state index in [1.807, 2.05) is 0 Å². The Morgan fingerprint density at radius 1 is 0.300 bits per heavy atom. The van der Waals surface area contributed by atoms with Gasteiger partial charge in [-0.2, -0.15) is 0 Å². The number of rotatable bonds is 6. The minimum Gasteiger partial charge on any atom is -0.456 e. The first-order valence-corrected chi connectivity index (χ1v) is 24.9. The Kier molecular flexibility index (Phi) is 10.4. The smallest absolute Gasteiger partial charge is 0.140 e. The zero-order valence-corrected chi connectivity index (χ0v) is 42.9. The lowest BCUT2D eigenvalue weighted by Crippen LogP contribution is -2.16. The van der Waals surface area contributed by atoms with Crippen molar-refractivity contribution in [1.29, 1.82) is 0 Å². The van der Waals surface area contributed by atoms with Crippen molar-refractivity contribution in [2.75, 3.05) is 9.80 Å². The van der Waals surface area contributed by atoms with Gasteiger partial charge >= 0.3 is 0 Å². The molecule has 0 saturated carbocycles. The number of fused-ring (bicyclic) bond motifs is 8. The molecule has 0 N–H and O–H groups in total. The number of nitrogens with zero attached hydrogens (tertiary/aromatic N) is 2. The van der Waals surface area contributed by atoms with Gasteiger partial charge in [0.15, 0.2) is 0 Å². The van der Waals surface area contributed by atoms with E-state index in [9.17, 15) is 0 Å². The zero-order valence-electron chi connectivity index (χ0n) is 42.9. The maximum atomic E-state index is 7.29. The maximum absolute atomic E-state index is 7.29. The van der Waals surface area contributed by atoms with Gasteiger partial charge in [0.05, 0.1) is 0 Å². The number of furan rings is 2. The lowest BCUT2D eigenvalue weighted by atomic mass is 9.77. The second-order valence-corrected chi connectivity index (χ2v) is 23.6. The van der Waals surface area contributed by atoms with Crippen LogP contribution >= 0.6 is 0 Å². The van der Waals surface area contributed by atoms with Crippen LogP contribution in [0.4, 0.5) is 34.1 Å². The standard InChI is InChI=1S/C66H64N2O2/c1-63(2,3)45-21-19-27-49(39-45)67(47-23-15-13-16-24-47)51-31-29-41-35-53-55(37-43(41)33-51)69-61-57(53)59(65(7,8)9)62-58(60(61)66(10,11)12)54-36-42-30-32-52(34-44(42)38-56(54)70-62)68(48-25-17-14-18-26-48)50-28-20-22-46(40-50)64(4,5)6/h13-40H,1-12H3. The molecule has 70 heavy (non-hydrogen) atoms. The van der Waals surface area contributed by atoms with Gasteiger partial charge in [-0.3, -0.25) is 0 Å². The molecule has 0 amide bonds. The normalized spacial score (nSPS) is 12.9. The third kappa shape index (κ3) is 7.79. The van der Waals surface area contributed by atoms with Crippen LogP contribution in [0.5, 0.6) is 0 Å². The van der Waals surface area contributed by atoms with E-state index in [1.54, 1.807) is 0 Å². The predicted octanol–water partition coefficient (Wildman–Crippen LogP) is 19.9. The highest BCUT2D eigenvalue weighted by atomic mass is 16.3. The summed E-state index contributed by atoms with van der Waals surface area (Å²) in [6.45, 7) is 27.5. The highest BCUT2D eigenvalue weighted by Gasteiger charge is 2.34. The first-order chi connectivity index (χ1) is 33.2. The van der Waals surface area contributed by atoms with E-state index in [2.05, 4.69) is 263 Å². The van der Waals surface area contributed by atoms with Gasteiger partial charge in [-0.25, -0.2) is 0 Å². The molecule has 0 aliphatic heterocycles. The first-order valence-electron chi connectivity index (χ1n) is 24.9. The fourth-order valence-corrected chi connectivity index (χ4v) is 10.7. The van der Waals surface area contributed by atoms with Crippen molar-refractivity contribution < 1.29 is 8.83 Å². The van der Waals surface area contributed by atoms with Gasteiger partial charge in [0.1, 0.15) is 22.3 Å². The Balaban J connectivity index is 1.11. The van der Waals surface area contributed by atoms with Crippen LogP contribution in [0.3, 0.4) is 0 Å². The molecule has 0 atom stereocenters. The third-order valence-corrected chi connectivity index (χ3v) is 14.2. The van der Waals surface area contributed by atoms with Crippen molar-refractivity contribution in [3.63, 3.8) is 0 Å². The Morgan fingerprint density at radius 2 is 0.657 bits per heavy atom. The molecule has 0 aliphatic rings. The van der Waals surface area contributed by atoms with Gasteiger partial charge < -0.3 is 18.6 Å². The fourth-order valence-electron chi connectivity index (χ4n) is 10.7. The molecule has 0 radical (unpaired) electrons. The Labute approximate surface area is 413 Å². The van der Waals surface area contributed by atoms with E-state index >= 15 is 0 Å². The van der Waals surface area contributed by atoms with Crippen molar-refractivity contribution in [1.82, 2.24) is 0 Å². The van der Waals surface area contributed by atoms with E-state index < -0.39 is 0 Å². The van der Waals surface area contributed by atoms with Crippen molar-refractivity contribution in [2.45, 2.75) is 105 Å². The Bertz CT molecular complexity index is 3550. The van der Waals surface area contributed by atoms with Crippen LogP contribution in [0.1, 0.15) is 105 Å². The van der Waals surface area contributed by atoms with E-state index in [0.29, 0.717) is 0 Å². The number of para-hydroxylation sites is 2. The van der Waals surface area contributed by atoms with Crippen molar-refractivity contribution in [2.24, 2.45) is 0 Å². The summed E-state index contributed by atoms with van der Waals surface area (Å²) < 4.78 is 14.6. The fraction of sp³-hybridized carbons (Fsp3) is 0.242. The summed E-state index contributed by atoms with van der Waals surface area (Å²) >= 11 is 0. The topological polar surface area (TPSA) is 32.8 Å². The number of hydrogen-bond donors (Lipinski definition) is 0. The molecule has 9 aromatic carbocycles. The van der Waals surface area contributed by atoms with E-state index in [4.69, 9.17) is 8.83 Å². The Morgan fingerprint density at radius 3 is 1.01 bits per heavy atom. The molecule has 0 spiro atoms. The largest absolute Gasteiger partial charge is 0.456 e. The minimum absolute atomic E-state index is 0.0167. The molecule has 2 heterocycles. The summed E-state index contributed by atoms with van der Waals surface area (Å²) in [5.41, 5.74) is 14.7. The molecule has 2 aromatic heterocycles. The maximum Gasteiger partial charge on any atom is 0.140 e. The van der Waals surface area contributed by atoms with Crippen LogP contribution < -0.4 is 9.80 Å². The molecule has 0 unspecified atom stereocenters. The highest BCUT2D eigenvalue weighted by Crippen LogP contribution is 2.52. The monoisotopic (exact) mass is 916 g/mol. The number of benzene rings is 9. The van der Waals surface area contributed by atoms with Crippen molar-refractivity contribution in [3.05, 3.63) is 192 Å². The molecule has 350 valence electrons. The minimum atomic E-state index is -0.279. The van der Waals surface area contributed by atoms with Gasteiger partial charge in [-0.1, -0.05) is 156 Å².